The molecule has 0 unspecified atom stereocenters. The zero-order chi connectivity index (χ0) is 19.9. The van der Waals surface area contributed by atoms with E-state index in [1.165, 1.54) is 0 Å². The van der Waals surface area contributed by atoms with Crippen molar-refractivity contribution < 1.29 is 4.79 Å². The third kappa shape index (κ3) is 5.28. The largest absolute Gasteiger partial charge is 0.349 e. The van der Waals surface area contributed by atoms with Crippen LogP contribution in [0.4, 0.5) is 11.5 Å². The minimum Gasteiger partial charge on any atom is -0.349 e. The Labute approximate surface area is 169 Å². The normalized spacial score (nSPS) is 10.7. The first-order chi connectivity index (χ1) is 13.5. The quantitative estimate of drug-likeness (QED) is 0.636. The van der Waals surface area contributed by atoms with Crippen LogP contribution in [-0.4, -0.2) is 48.0 Å². The highest BCUT2D eigenvalue weighted by atomic mass is 35.5. The van der Waals surface area contributed by atoms with Gasteiger partial charge in [0.05, 0.1) is 10.7 Å². The summed E-state index contributed by atoms with van der Waals surface area (Å²) in [5.41, 5.74) is 1.83. The SMILES string of the molecule is CN(C)CCNC(=O)c1cc(Nc2ccccc2Cl)nc(-c2ccccc2)n1. The van der Waals surface area contributed by atoms with E-state index in [4.69, 9.17) is 11.6 Å². The summed E-state index contributed by atoms with van der Waals surface area (Å²) in [7, 11) is 3.91. The van der Waals surface area contributed by atoms with Gasteiger partial charge in [-0.2, -0.15) is 0 Å². The predicted octanol–water partition coefficient (Wildman–Crippen LogP) is 3.83. The van der Waals surface area contributed by atoms with Crippen LogP contribution in [0.3, 0.4) is 0 Å². The number of rotatable bonds is 7. The molecule has 0 saturated carbocycles. The van der Waals surface area contributed by atoms with Crippen molar-refractivity contribution in [1.82, 2.24) is 20.2 Å². The van der Waals surface area contributed by atoms with Crippen molar-refractivity contribution in [3.63, 3.8) is 0 Å². The van der Waals surface area contributed by atoms with Crippen molar-refractivity contribution in [1.29, 1.82) is 0 Å². The van der Waals surface area contributed by atoms with Crippen LogP contribution < -0.4 is 10.6 Å². The van der Waals surface area contributed by atoms with Crippen LogP contribution in [-0.2, 0) is 0 Å². The lowest BCUT2D eigenvalue weighted by atomic mass is 10.2. The number of hydrogen-bond acceptors (Lipinski definition) is 5. The van der Waals surface area contributed by atoms with Gasteiger partial charge in [0.1, 0.15) is 11.5 Å². The predicted molar refractivity (Wildman–Crippen MR) is 113 cm³/mol. The first-order valence-corrected chi connectivity index (χ1v) is 9.30. The van der Waals surface area contributed by atoms with Crippen LogP contribution in [0.2, 0.25) is 5.02 Å². The molecule has 1 aromatic heterocycles. The van der Waals surface area contributed by atoms with Crippen molar-refractivity contribution in [3.05, 3.63) is 71.4 Å². The lowest BCUT2D eigenvalue weighted by Gasteiger charge is -2.13. The molecule has 1 amide bonds. The molecule has 0 aliphatic carbocycles. The van der Waals surface area contributed by atoms with E-state index >= 15 is 0 Å². The topological polar surface area (TPSA) is 70.2 Å². The van der Waals surface area contributed by atoms with Crippen LogP contribution in [0.25, 0.3) is 11.4 Å². The van der Waals surface area contributed by atoms with E-state index in [1.54, 1.807) is 12.1 Å². The zero-order valence-corrected chi connectivity index (χ0v) is 16.6. The van der Waals surface area contributed by atoms with Crippen molar-refractivity contribution in [3.8, 4) is 11.4 Å². The Morgan fingerprint density at radius 1 is 1.04 bits per heavy atom. The van der Waals surface area contributed by atoms with Crippen LogP contribution in [0, 0.1) is 0 Å². The van der Waals surface area contributed by atoms with Gasteiger partial charge in [0.15, 0.2) is 5.82 Å². The number of carbonyl (C=O) groups is 1. The highest BCUT2D eigenvalue weighted by Gasteiger charge is 2.14. The summed E-state index contributed by atoms with van der Waals surface area (Å²) < 4.78 is 0. The monoisotopic (exact) mass is 395 g/mol. The van der Waals surface area contributed by atoms with Crippen molar-refractivity contribution in [2.75, 3.05) is 32.5 Å². The van der Waals surface area contributed by atoms with E-state index in [-0.39, 0.29) is 5.91 Å². The zero-order valence-electron chi connectivity index (χ0n) is 15.8. The fraction of sp³-hybridized carbons (Fsp3) is 0.190. The summed E-state index contributed by atoms with van der Waals surface area (Å²) in [6, 6.07) is 18.5. The molecule has 2 aromatic carbocycles. The average Bonchev–Trinajstić information content (AvgIpc) is 2.70. The minimum atomic E-state index is -0.247. The Morgan fingerprint density at radius 2 is 1.75 bits per heavy atom. The fourth-order valence-corrected chi connectivity index (χ4v) is 2.71. The van der Waals surface area contributed by atoms with Gasteiger partial charge in [0.25, 0.3) is 5.91 Å². The van der Waals surface area contributed by atoms with Gasteiger partial charge in [-0.1, -0.05) is 54.1 Å². The number of anilines is 2. The summed E-state index contributed by atoms with van der Waals surface area (Å²) in [6.07, 6.45) is 0. The molecule has 144 valence electrons. The second-order valence-corrected chi connectivity index (χ2v) is 6.90. The number of aromatic nitrogens is 2. The minimum absolute atomic E-state index is 0.247. The Morgan fingerprint density at radius 3 is 2.46 bits per heavy atom. The van der Waals surface area contributed by atoms with Crippen LogP contribution in [0.15, 0.2) is 60.7 Å². The van der Waals surface area contributed by atoms with E-state index in [0.29, 0.717) is 34.6 Å². The number of halogens is 1. The number of nitrogens with zero attached hydrogens (tertiary/aromatic N) is 3. The lowest BCUT2D eigenvalue weighted by molar-refractivity contribution is 0.0946. The van der Waals surface area contributed by atoms with Crippen LogP contribution in [0.5, 0.6) is 0 Å². The molecule has 6 nitrogen and oxygen atoms in total. The van der Waals surface area contributed by atoms with Crippen LogP contribution in [0.1, 0.15) is 10.5 Å². The summed E-state index contributed by atoms with van der Waals surface area (Å²) in [4.78, 5) is 23.6. The first-order valence-electron chi connectivity index (χ1n) is 8.92. The average molecular weight is 396 g/mol. The third-order valence-electron chi connectivity index (χ3n) is 3.97. The number of likely N-dealkylation sites (N-methyl/N-ethyl adjacent to an activating group) is 1. The molecule has 7 heteroatoms. The second kappa shape index (κ2) is 9.30. The molecule has 0 spiro atoms. The van der Waals surface area contributed by atoms with Crippen molar-refractivity contribution in [2.45, 2.75) is 0 Å². The van der Waals surface area contributed by atoms with Gasteiger partial charge in [-0.25, -0.2) is 9.97 Å². The standard InChI is InChI=1S/C21H22ClN5O/c1-27(2)13-12-23-21(28)18-14-19(24-17-11-7-6-10-16(17)22)26-20(25-18)15-8-4-3-5-9-15/h3-11,14H,12-13H2,1-2H3,(H,23,28)(H,24,25,26). The van der Waals surface area contributed by atoms with E-state index in [2.05, 4.69) is 20.6 Å². The first kappa shape index (κ1) is 19.8. The Kier molecular flexibility index (Phi) is 6.57. The molecule has 0 aliphatic rings. The van der Waals surface area contributed by atoms with E-state index in [9.17, 15) is 4.79 Å². The van der Waals surface area contributed by atoms with Gasteiger partial charge < -0.3 is 15.5 Å². The Bertz CT molecular complexity index is 947. The molecule has 1 heterocycles. The third-order valence-corrected chi connectivity index (χ3v) is 4.30. The van der Waals surface area contributed by atoms with Crippen molar-refractivity contribution >= 4 is 29.0 Å². The maximum atomic E-state index is 12.6. The molecule has 3 aromatic rings. The lowest BCUT2D eigenvalue weighted by Crippen LogP contribution is -2.32. The molecular formula is C21H22ClN5O. The molecule has 0 saturated heterocycles. The molecule has 3 rings (SSSR count). The molecule has 0 bridgehead atoms. The van der Waals surface area contributed by atoms with Gasteiger partial charge in [0.2, 0.25) is 0 Å². The molecular weight excluding hydrogens is 374 g/mol. The highest BCUT2D eigenvalue weighted by Crippen LogP contribution is 2.25. The molecule has 28 heavy (non-hydrogen) atoms. The fourth-order valence-electron chi connectivity index (χ4n) is 2.53. The van der Waals surface area contributed by atoms with Gasteiger partial charge in [-0.05, 0) is 26.2 Å². The van der Waals surface area contributed by atoms with Gasteiger partial charge in [-0.3, -0.25) is 4.79 Å². The van der Waals surface area contributed by atoms with Gasteiger partial charge in [-0.15, -0.1) is 0 Å². The Hall–Kier alpha value is -2.96. The van der Waals surface area contributed by atoms with Crippen LogP contribution >= 0.6 is 11.6 Å². The summed E-state index contributed by atoms with van der Waals surface area (Å²) in [5, 5.41) is 6.64. The van der Waals surface area contributed by atoms with Gasteiger partial charge in [0, 0.05) is 24.7 Å². The molecule has 0 atom stereocenters. The number of nitrogens with one attached hydrogen (secondary N) is 2. The van der Waals surface area contributed by atoms with E-state index in [1.807, 2.05) is 67.5 Å². The highest BCUT2D eigenvalue weighted by molar-refractivity contribution is 6.33. The molecule has 2 N–H and O–H groups in total. The number of carbonyl (C=O) groups excluding carboxylic acids is 1. The smallest absolute Gasteiger partial charge is 0.270 e. The number of benzene rings is 2. The molecule has 0 radical (unpaired) electrons. The number of amides is 1. The van der Waals surface area contributed by atoms with Gasteiger partial charge >= 0.3 is 0 Å². The number of hydrogen-bond donors (Lipinski definition) is 2. The molecule has 0 fully saturated rings. The maximum absolute atomic E-state index is 12.6. The maximum Gasteiger partial charge on any atom is 0.270 e. The summed E-state index contributed by atoms with van der Waals surface area (Å²) >= 11 is 6.24. The Balaban J connectivity index is 1.92. The summed E-state index contributed by atoms with van der Waals surface area (Å²) in [5.74, 6) is 0.721. The summed E-state index contributed by atoms with van der Waals surface area (Å²) in [6.45, 7) is 1.27. The van der Waals surface area contributed by atoms with Crippen molar-refractivity contribution in [2.24, 2.45) is 0 Å². The van der Waals surface area contributed by atoms with E-state index in [0.717, 1.165) is 12.1 Å². The second-order valence-electron chi connectivity index (χ2n) is 6.49. The molecule has 0 aliphatic heterocycles. The van der Waals surface area contributed by atoms with E-state index < -0.39 is 0 Å². The number of para-hydroxylation sites is 1.